The molecule has 7 heteroatoms. The highest BCUT2D eigenvalue weighted by Crippen LogP contribution is 2.32. The highest BCUT2D eigenvalue weighted by Gasteiger charge is 2.23. The zero-order valence-electron chi connectivity index (χ0n) is 14.9. The summed E-state index contributed by atoms with van der Waals surface area (Å²) >= 11 is 3.71. The van der Waals surface area contributed by atoms with E-state index in [2.05, 4.69) is 32.5 Å². The van der Waals surface area contributed by atoms with Crippen molar-refractivity contribution >= 4 is 55.2 Å². The number of hydrogen-bond donors (Lipinski definition) is 0. The van der Waals surface area contributed by atoms with Crippen molar-refractivity contribution in [2.75, 3.05) is 39.2 Å². The van der Waals surface area contributed by atoms with Crippen LogP contribution in [0.1, 0.15) is 10.4 Å². The number of carbonyl (C=O) groups excluding carboxylic acids is 1. The fourth-order valence-corrected chi connectivity index (χ4v) is 4.14. The van der Waals surface area contributed by atoms with Gasteiger partial charge in [0.1, 0.15) is 5.75 Å². The van der Waals surface area contributed by atoms with Crippen LogP contribution in [0.15, 0.2) is 42.5 Å². The molecule has 0 bridgehead atoms. The second-order valence-corrected chi connectivity index (χ2v) is 8.24. The number of rotatable bonds is 6. The Morgan fingerprint density at radius 2 is 1.96 bits per heavy atom. The monoisotopic (exact) mass is 481 g/mol. The van der Waals surface area contributed by atoms with Crippen LogP contribution in [0.4, 0.5) is 5.13 Å². The van der Waals surface area contributed by atoms with E-state index in [1.165, 1.54) is 11.3 Å². The van der Waals surface area contributed by atoms with Gasteiger partial charge in [-0.25, -0.2) is 4.98 Å². The number of thiazole rings is 1. The fourth-order valence-electron chi connectivity index (χ4n) is 2.50. The number of fused-ring (bicyclic) bond motifs is 1. The maximum Gasteiger partial charge on any atom is 0.261 e. The van der Waals surface area contributed by atoms with E-state index in [9.17, 15) is 4.79 Å². The maximum atomic E-state index is 13.2. The van der Waals surface area contributed by atoms with Crippen LogP contribution in [0.3, 0.4) is 0 Å². The Morgan fingerprint density at radius 3 is 2.65 bits per heavy atom. The Labute approximate surface area is 170 Å². The van der Waals surface area contributed by atoms with Crippen LogP contribution < -0.4 is 9.64 Å². The Hall–Kier alpha value is -1.71. The Morgan fingerprint density at radius 1 is 1.19 bits per heavy atom. The molecule has 0 aliphatic carbocycles. The molecule has 0 saturated carbocycles. The molecule has 1 heterocycles. The summed E-state index contributed by atoms with van der Waals surface area (Å²) in [5.74, 6) is 0.763. The van der Waals surface area contributed by atoms with Crippen molar-refractivity contribution in [3.63, 3.8) is 0 Å². The number of amides is 1. The molecule has 26 heavy (non-hydrogen) atoms. The number of benzene rings is 2. The molecule has 1 aromatic heterocycles. The number of carbonyl (C=O) groups is 1. The fraction of sp³-hybridized carbons (Fsp3) is 0.263. The lowest BCUT2D eigenvalue weighted by Crippen LogP contribution is -2.37. The predicted molar refractivity (Wildman–Crippen MR) is 116 cm³/mol. The van der Waals surface area contributed by atoms with Gasteiger partial charge in [0.05, 0.1) is 22.9 Å². The third-order valence-corrected chi connectivity index (χ3v) is 5.92. The number of methoxy groups -OCH3 is 1. The average Bonchev–Trinajstić information content (AvgIpc) is 3.04. The Balaban J connectivity index is 2.00. The van der Waals surface area contributed by atoms with Crippen LogP contribution in [0.25, 0.3) is 10.2 Å². The van der Waals surface area contributed by atoms with E-state index in [-0.39, 0.29) is 5.91 Å². The summed E-state index contributed by atoms with van der Waals surface area (Å²) in [5.41, 5.74) is 1.57. The lowest BCUT2D eigenvalue weighted by atomic mass is 10.2. The quantitative estimate of drug-likeness (QED) is 0.497. The minimum absolute atomic E-state index is 0.0251. The molecule has 0 N–H and O–H groups in total. The molecule has 0 atom stereocenters. The second kappa shape index (κ2) is 8.32. The molecule has 0 saturated heterocycles. The van der Waals surface area contributed by atoms with Gasteiger partial charge < -0.3 is 9.64 Å². The van der Waals surface area contributed by atoms with Gasteiger partial charge in [0.15, 0.2) is 5.13 Å². The molecule has 5 nitrogen and oxygen atoms in total. The van der Waals surface area contributed by atoms with Crippen LogP contribution in [0, 0.1) is 3.57 Å². The summed E-state index contributed by atoms with van der Waals surface area (Å²) in [4.78, 5) is 21.7. The molecule has 136 valence electrons. The summed E-state index contributed by atoms with van der Waals surface area (Å²) in [6, 6.07) is 13.4. The van der Waals surface area contributed by atoms with E-state index in [0.29, 0.717) is 17.2 Å². The van der Waals surface area contributed by atoms with E-state index < -0.39 is 0 Å². The number of nitrogens with zero attached hydrogens (tertiary/aromatic N) is 3. The highest BCUT2D eigenvalue weighted by atomic mass is 127. The van der Waals surface area contributed by atoms with Crippen LogP contribution >= 0.6 is 33.9 Å². The molecular formula is C19H20IN3O2S. The van der Waals surface area contributed by atoms with Gasteiger partial charge in [0.25, 0.3) is 5.91 Å². The number of halogens is 1. The van der Waals surface area contributed by atoms with Gasteiger partial charge >= 0.3 is 0 Å². The minimum Gasteiger partial charge on any atom is -0.497 e. The summed E-state index contributed by atoms with van der Waals surface area (Å²) in [6.45, 7) is 1.34. The van der Waals surface area contributed by atoms with Crippen molar-refractivity contribution < 1.29 is 9.53 Å². The third kappa shape index (κ3) is 4.16. The standard InChI is InChI=1S/C19H20IN3O2S/c1-22(2)10-11-23(18(24)14-6-4-5-7-15(14)20)19-21-16-9-8-13(25-3)12-17(16)26-19/h4-9,12H,10-11H2,1-3H3. The van der Waals surface area contributed by atoms with Crippen molar-refractivity contribution in [2.24, 2.45) is 0 Å². The highest BCUT2D eigenvalue weighted by molar-refractivity contribution is 14.1. The van der Waals surface area contributed by atoms with Gasteiger partial charge in [0.2, 0.25) is 0 Å². The van der Waals surface area contributed by atoms with Gasteiger partial charge in [0, 0.05) is 16.7 Å². The van der Waals surface area contributed by atoms with Crippen molar-refractivity contribution in [1.82, 2.24) is 9.88 Å². The summed E-state index contributed by atoms with van der Waals surface area (Å²) in [5, 5.41) is 0.708. The molecule has 0 spiro atoms. The van der Waals surface area contributed by atoms with Crippen LogP contribution in [-0.4, -0.2) is 50.1 Å². The SMILES string of the molecule is COc1ccc2nc(N(CCN(C)C)C(=O)c3ccccc3I)sc2c1. The van der Waals surface area contributed by atoms with Crippen molar-refractivity contribution in [1.29, 1.82) is 0 Å². The van der Waals surface area contributed by atoms with Crippen molar-refractivity contribution in [3.8, 4) is 5.75 Å². The number of hydrogen-bond acceptors (Lipinski definition) is 5. The third-order valence-electron chi connectivity index (χ3n) is 3.94. The molecule has 0 unspecified atom stereocenters. The zero-order chi connectivity index (χ0) is 18.7. The number of anilines is 1. The van der Waals surface area contributed by atoms with Crippen molar-refractivity contribution in [3.05, 3.63) is 51.6 Å². The molecule has 3 rings (SSSR count). The zero-order valence-corrected chi connectivity index (χ0v) is 17.9. The topological polar surface area (TPSA) is 45.7 Å². The molecule has 2 aromatic carbocycles. The first kappa shape index (κ1) is 19.1. The average molecular weight is 481 g/mol. The van der Waals surface area contributed by atoms with Gasteiger partial charge in [-0.3, -0.25) is 9.69 Å². The molecule has 0 aliphatic rings. The van der Waals surface area contributed by atoms with Crippen LogP contribution in [0.5, 0.6) is 5.75 Å². The van der Waals surface area contributed by atoms with Gasteiger partial charge in [-0.1, -0.05) is 23.5 Å². The first-order chi connectivity index (χ1) is 12.5. The summed E-state index contributed by atoms with van der Waals surface area (Å²) < 4.78 is 7.24. The van der Waals surface area contributed by atoms with Gasteiger partial charge in [-0.15, -0.1) is 0 Å². The first-order valence-electron chi connectivity index (χ1n) is 8.15. The maximum absolute atomic E-state index is 13.2. The van der Waals surface area contributed by atoms with Gasteiger partial charge in [-0.05, 0) is 67.0 Å². The normalized spacial score (nSPS) is 11.1. The molecular weight excluding hydrogens is 461 g/mol. The van der Waals surface area contributed by atoms with Crippen molar-refractivity contribution in [2.45, 2.75) is 0 Å². The largest absolute Gasteiger partial charge is 0.497 e. The predicted octanol–water partition coefficient (Wildman–Crippen LogP) is 4.12. The molecule has 0 radical (unpaired) electrons. The van der Waals surface area contributed by atoms with E-state index >= 15 is 0 Å². The number of ether oxygens (including phenoxy) is 1. The first-order valence-corrected chi connectivity index (χ1v) is 10.0. The smallest absolute Gasteiger partial charge is 0.261 e. The second-order valence-electron chi connectivity index (χ2n) is 6.07. The Kier molecular flexibility index (Phi) is 6.10. The van der Waals surface area contributed by atoms with E-state index in [1.54, 1.807) is 12.0 Å². The summed E-state index contributed by atoms with van der Waals surface area (Å²) in [6.07, 6.45) is 0. The molecule has 0 fully saturated rings. The number of aromatic nitrogens is 1. The van der Waals surface area contributed by atoms with E-state index in [1.807, 2.05) is 56.6 Å². The van der Waals surface area contributed by atoms with E-state index in [4.69, 9.17) is 4.74 Å². The lowest BCUT2D eigenvalue weighted by molar-refractivity contribution is 0.0984. The lowest BCUT2D eigenvalue weighted by Gasteiger charge is -2.22. The number of likely N-dealkylation sites (N-methyl/N-ethyl adjacent to an activating group) is 1. The molecule has 0 aliphatic heterocycles. The van der Waals surface area contributed by atoms with Crippen LogP contribution in [0.2, 0.25) is 0 Å². The van der Waals surface area contributed by atoms with Crippen LogP contribution in [-0.2, 0) is 0 Å². The summed E-state index contributed by atoms with van der Waals surface area (Å²) in [7, 11) is 5.64. The molecule has 1 amide bonds. The van der Waals surface area contributed by atoms with E-state index in [0.717, 1.165) is 26.1 Å². The van der Waals surface area contributed by atoms with Gasteiger partial charge in [-0.2, -0.15) is 0 Å². The Bertz CT molecular complexity index is 926. The minimum atomic E-state index is -0.0251. The molecule has 3 aromatic rings.